The van der Waals surface area contributed by atoms with Crippen molar-refractivity contribution in [3.05, 3.63) is 11.7 Å². The van der Waals surface area contributed by atoms with Gasteiger partial charge < -0.3 is 19.9 Å². The van der Waals surface area contributed by atoms with Crippen molar-refractivity contribution in [1.82, 2.24) is 20.8 Å². The minimum Gasteiger partial charge on any atom is -0.378 e. The molecule has 1 fully saturated rings. The standard InChI is InChI=1S/C17H31N5O2.HI/c1-15(2,3)13-21-12(22-24-13)10-19-14(18-7)20-11-9-17(6,23-8)16(11,4)5;/h11H,9-10H2,1-8H3,(H2,18,19,20);1H. The summed E-state index contributed by atoms with van der Waals surface area (Å²) in [6, 6.07) is 0.295. The lowest BCUT2D eigenvalue weighted by Crippen LogP contribution is -2.69. The van der Waals surface area contributed by atoms with Crippen molar-refractivity contribution in [3.8, 4) is 0 Å². The second-order valence-electron chi connectivity index (χ2n) is 8.25. The summed E-state index contributed by atoms with van der Waals surface area (Å²) in [6.07, 6.45) is 0.938. The molecule has 1 heterocycles. The minimum atomic E-state index is -0.147. The normalized spacial score (nSPS) is 25.8. The zero-order chi connectivity index (χ0) is 18.2. The van der Waals surface area contributed by atoms with E-state index in [4.69, 9.17) is 9.26 Å². The summed E-state index contributed by atoms with van der Waals surface area (Å²) < 4.78 is 11.0. The zero-order valence-corrected chi connectivity index (χ0v) is 18.9. The van der Waals surface area contributed by atoms with Crippen LogP contribution in [0.15, 0.2) is 9.52 Å². The molecule has 0 amide bonds. The summed E-state index contributed by atoms with van der Waals surface area (Å²) in [5.74, 6) is 1.99. The zero-order valence-electron chi connectivity index (χ0n) is 16.6. The number of halogens is 1. The summed E-state index contributed by atoms with van der Waals surface area (Å²) >= 11 is 0. The fourth-order valence-corrected chi connectivity index (χ4v) is 2.88. The quantitative estimate of drug-likeness (QED) is 0.404. The van der Waals surface area contributed by atoms with Gasteiger partial charge in [0.1, 0.15) is 0 Å². The molecule has 0 saturated heterocycles. The highest BCUT2D eigenvalue weighted by Gasteiger charge is 2.58. The molecule has 2 rings (SSSR count). The summed E-state index contributed by atoms with van der Waals surface area (Å²) in [5.41, 5.74) is -0.241. The number of hydrogen-bond acceptors (Lipinski definition) is 5. The van der Waals surface area contributed by atoms with Gasteiger partial charge in [0, 0.05) is 31.0 Å². The molecule has 1 saturated carbocycles. The van der Waals surface area contributed by atoms with E-state index in [1.165, 1.54) is 0 Å². The van der Waals surface area contributed by atoms with E-state index >= 15 is 0 Å². The average molecular weight is 465 g/mol. The van der Waals surface area contributed by atoms with Crippen LogP contribution in [0, 0.1) is 5.41 Å². The van der Waals surface area contributed by atoms with Crippen molar-refractivity contribution in [2.75, 3.05) is 14.2 Å². The second-order valence-corrected chi connectivity index (χ2v) is 8.25. The lowest BCUT2D eigenvalue weighted by atomic mass is 9.56. The Morgan fingerprint density at radius 3 is 2.44 bits per heavy atom. The lowest BCUT2D eigenvalue weighted by Gasteiger charge is -2.59. The Balaban J connectivity index is 0.00000312. The first-order valence-corrected chi connectivity index (χ1v) is 8.39. The SMILES string of the molecule is CN=C(NCc1noc(C(C)(C)C)n1)NC1CC(C)(OC)C1(C)C.I. The first-order valence-electron chi connectivity index (χ1n) is 8.39. The minimum absolute atomic E-state index is 0. The van der Waals surface area contributed by atoms with E-state index in [2.05, 4.69) is 46.5 Å². The maximum atomic E-state index is 5.67. The number of aromatic nitrogens is 2. The summed E-state index contributed by atoms with van der Waals surface area (Å²) in [4.78, 5) is 8.71. The number of aliphatic imine (C=N–C) groups is 1. The van der Waals surface area contributed by atoms with Crippen LogP contribution in [0.5, 0.6) is 0 Å². The van der Waals surface area contributed by atoms with Crippen LogP contribution < -0.4 is 10.6 Å². The monoisotopic (exact) mass is 465 g/mol. The van der Waals surface area contributed by atoms with E-state index in [0.29, 0.717) is 24.3 Å². The number of nitrogens with zero attached hydrogens (tertiary/aromatic N) is 3. The molecule has 1 aliphatic carbocycles. The molecular weight excluding hydrogens is 433 g/mol. The number of rotatable bonds is 4. The molecular formula is C17H32IN5O2. The first kappa shape index (κ1) is 22.1. The summed E-state index contributed by atoms with van der Waals surface area (Å²) in [5, 5.41) is 10.7. The topological polar surface area (TPSA) is 84.6 Å². The van der Waals surface area contributed by atoms with Crippen molar-refractivity contribution in [1.29, 1.82) is 0 Å². The van der Waals surface area contributed by atoms with Gasteiger partial charge in [-0.2, -0.15) is 4.98 Å². The van der Waals surface area contributed by atoms with Crippen LogP contribution >= 0.6 is 24.0 Å². The highest BCUT2D eigenvalue weighted by Crippen LogP contribution is 2.51. The van der Waals surface area contributed by atoms with Crippen molar-refractivity contribution < 1.29 is 9.26 Å². The third-order valence-corrected chi connectivity index (χ3v) is 5.34. The van der Waals surface area contributed by atoms with Crippen molar-refractivity contribution >= 4 is 29.9 Å². The first-order chi connectivity index (χ1) is 11.0. The average Bonchev–Trinajstić information content (AvgIpc) is 2.99. The smallest absolute Gasteiger partial charge is 0.232 e. The molecule has 1 aliphatic rings. The van der Waals surface area contributed by atoms with Gasteiger partial charge in [-0.3, -0.25) is 4.99 Å². The third kappa shape index (κ3) is 4.45. The van der Waals surface area contributed by atoms with Crippen LogP contribution in [0.1, 0.15) is 59.7 Å². The van der Waals surface area contributed by atoms with Crippen LogP contribution in [0.3, 0.4) is 0 Å². The van der Waals surface area contributed by atoms with Gasteiger partial charge in [-0.25, -0.2) is 0 Å². The highest BCUT2D eigenvalue weighted by molar-refractivity contribution is 14.0. The molecule has 144 valence electrons. The Hall–Kier alpha value is -0.900. The van der Waals surface area contributed by atoms with Gasteiger partial charge in [-0.05, 0) is 13.3 Å². The number of guanidine groups is 1. The number of hydrogen-bond donors (Lipinski definition) is 2. The Kier molecular flexibility index (Phi) is 6.88. The van der Waals surface area contributed by atoms with Crippen LogP contribution in [0.2, 0.25) is 0 Å². The maximum Gasteiger partial charge on any atom is 0.232 e. The molecule has 7 nitrogen and oxygen atoms in total. The molecule has 0 spiro atoms. The van der Waals surface area contributed by atoms with Crippen LogP contribution in [-0.4, -0.2) is 41.9 Å². The highest BCUT2D eigenvalue weighted by atomic mass is 127. The molecule has 0 aromatic carbocycles. The number of methoxy groups -OCH3 is 1. The van der Waals surface area contributed by atoms with E-state index in [1.54, 1.807) is 14.2 Å². The molecule has 25 heavy (non-hydrogen) atoms. The summed E-state index contributed by atoms with van der Waals surface area (Å²) in [6.45, 7) is 13.2. The maximum absolute atomic E-state index is 5.67. The van der Waals surface area contributed by atoms with Gasteiger partial charge in [-0.15, -0.1) is 24.0 Å². The van der Waals surface area contributed by atoms with Crippen molar-refractivity contribution in [2.24, 2.45) is 10.4 Å². The summed E-state index contributed by atoms with van der Waals surface area (Å²) in [7, 11) is 3.53. The molecule has 0 bridgehead atoms. The lowest BCUT2D eigenvalue weighted by molar-refractivity contribution is -0.176. The Morgan fingerprint density at radius 2 is 2.00 bits per heavy atom. The molecule has 2 atom stereocenters. The molecule has 0 radical (unpaired) electrons. The fourth-order valence-electron chi connectivity index (χ4n) is 2.88. The second kappa shape index (κ2) is 7.77. The molecule has 2 N–H and O–H groups in total. The van der Waals surface area contributed by atoms with E-state index in [0.717, 1.165) is 12.4 Å². The van der Waals surface area contributed by atoms with E-state index in [1.807, 2.05) is 20.8 Å². The van der Waals surface area contributed by atoms with Crippen molar-refractivity contribution in [3.63, 3.8) is 0 Å². The largest absolute Gasteiger partial charge is 0.378 e. The molecule has 1 aromatic rings. The molecule has 0 aliphatic heterocycles. The molecule has 8 heteroatoms. The third-order valence-electron chi connectivity index (χ3n) is 5.34. The number of nitrogens with one attached hydrogen (secondary N) is 2. The van der Waals surface area contributed by atoms with Crippen LogP contribution in [-0.2, 0) is 16.7 Å². The van der Waals surface area contributed by atoms with Gasteiger partial charge >= 0.3 is 0 Å². The Labute approximate surface area is 167 Å². The van der Waals surface area contributed by atoms with E-state index in [9.17, 15) is 0 Å². The van der Waals surface area contributed by atoms with Gasteiger partial charge in [0.05, 0.1) is 12.1 Å². The van der Waals surface area contributed by atoms with Crippen molar-refractivity contribution in [2.45, 2.75) is 71.6 Å². The van der Waals surface area contributed by atoms with E-state index in [-0.39, 0.29) is 40.4 Å². The van der Waals surface area contributed by atoms with E-state index < -0.39 is 0 Å². The Bertz CT molecular complexity index is 608. The predicted octanol–water partition coefficient (Wildman–Crippen LogP) is 2.85. The van der Waals surface area contributed by atoms with Gasteiger partial charge in [0.2, 0.25) is 5.89 Å². The van der Waals surface area contributed by atoms with Crippen LogP contribution in [0.25, 0.3) is 0 Å². The van der Waals surface area contributed by atoms with Gasteiger partial charge in [-0.1, -0.05) is 39.8 Å². The number of ether oxygens (including phenoxy) is 1. The Morgan fingerprint density at radius 1 is 1.36 bits per heavy atom. The van der Waals surface area contributed by atoms with Gasteiger partial charge in [0.25, 0.3) is 0 Å². The molecule has 1 aromatic heterocycles. The van der Waals surface area contributed by atoms with Crippen LogP contribution in [0.4, 0.5) is 0 Å². The predicted molar refractivity (Wildman–Crippen MR) is 109 cm³/mol. The molecule has 2 unspecified atom stereocenters. The van der Waals surface area contributed by atoms with Gasteiger partial charge in [0.15, 0.2) is 11.8 Å². The fraction of sp³-hybridized carbons (Fsp3) is 0.824.